The number of aromatic nitrogens is 1. The second-order valence-corrected chi connectivity index (χ2v) is 9.28. The molecule has 1 aromatic heterocycles. The molecule has 0 aliphatic rings. The van der Waals surface area contributed by atoms with E-state index in [0.717, 1.165) is 10.9 Å². The molecule has 0 saturated carbocycles. The number of hydrogen-bond donors (Lipinski definition) is 8. The van der Waals surface area contributed by atoms with Crippen molar-refractivity contribution in [3.8, 4) is 5.75 Å². The van der Waals surface area contributed by atoms with Gasteiger partial charge >= 0.3 is 5.97 Å². The second kappa shape index (κ2) is 13.8. The number of primary amides is 1. The largest absolute Gasteiger partial charge is 0.508 e. The van der Waals surface area contributed by atoms with Gasteiger partial charge in [-0.3, -0.25) is 24.0 Å². The minimum atomic E-state index is -1.26. The summed E-state index contributed by atoms with van der Waals surface area (Å²) in [6, 6.07) is 9.90. The molecule has 0 radical (unpaired) electrons. The molecule has 10 N–H and O–H groups in total. The first kappa shape index (κ1) is 29.6. The van der Waals surface area contributed by atoms with Gasteiger partial charge in [0, 0.05) is 29.9 Å². The maximum Gasteiger partial charge on any atom is 0.322 e. The summed E-state index contributed by atoms with van der Waals surface area (Å²) in [5.74, 6) is -4.11. The number of nitrogens with two attached hydrogens (primary N) is 2. The van der Waals surface area contributed by atoms with E-state index in [4.69, 9.17) is 16.6 Å². The molecule has 13 nitrogen and oxygen atoms in total. The number of nitrogens with one attached hydrogen (secondary N) is 4. The lowest BCUT2D eigenvalue weighted by atomic mass is 10.0. The number of benzene rings is 2. The molecule has 0 bridgehead atoms. The van der Waals surface area contributed by atoms with Crippen LogP contribution in [0.25, 0.3) is 10.9 Å². The van der Waals surface area contributed by atoms with Gasteiger partial charge in [0.2, 0.25) is 23.6 Å². The SMILES string of the molecule is NC(=O)CCC(NC(=O)C(N)Cc1ccc(O)cc1)C(=O)NC(Cc1c[nH]c2ccccc12)C(=O)NCC(=O)O. The van der Waals surface area contributed by atoms with Crippen molar-refractivity contribution in [3.63, 3.8) is 0 Å². The van der Waals surface area contributed by atoms with E-state index in [9.17, 15) is 29.1 Å². The summed E-state index contributed by atoms with van der Waals surface area (Å²) in [5.41, 5.74) is 13.5. The summed E-state index contributed by atoms with van der Waals surface area (Å²) in [6.07, 6.45) is 1.41. The van der Waals surface area contributed by atoms with Gasteiger partial charge in [0.15, 0.2) is 0 Å². The summed E-state index contributed by atoms with van der Waals surface area (Å²) in [5, 5.41) is 26.6. The zero-order valence-corrected chi connectivity index (χ0v) is 21.6. The molecule has 1 heterocycles. The Kier molecular flexibility index (Phi) is 10.2. The molecule has 13 heteroatoms. The fraction of sp³-hybridized carbons (Fsp3) is 0.296. The Hall–Kier alpha value is -4.91. The minimum absolute atomic E-state index is 0.0120. The Morgan fingerprint density at radius 2 is 1.55 bits per heavy atom. The highest BCUT2D eigenvalue weighted by Gasteiger charge is 2.29. The minimum Gasteiger partial charge on any atom is -0.508 e. The summed E-state index contributed by atoms with van der Waals surface area (Å²) >= 11 is 0. The molecular weight excluding hydrogens is 520 g/mol. The molecular formula is C27H32N6O7. The van der Waals surface area contributed by atoms with Crippen LogP contribution >= 0.6 is 0 Å². The van der Waals surface area contributed by atoms with Crippen molar-refractivity contribution in [3.05, 3.63) is 65.9 Å². The van der Waals surface area contributed by atoms with Gasteiger partial charge in [-0.05, 0) is 42.2 Å². The van der Waals surface area contributed by atoms with Crippen LogP contribution in [0.15, 0.2) is 54.7 Å². The fourth-order valence-electron chi connectivity index (χ4n) is 4.10. The predicted molar refractivity (Wildman–Crippen MR) is 145 cm³/mol. The molecule has 3 rings (SSSR count). The molecule has 3 aromatic rings. The van der Waals surface area contributed by atoms with Crippen LogP contribution in [0.2, 0.25) is 0 Å². The molecule has 212 valence electrons. The molecule has 40 heavy (non-hydrogen) atoms. The third kappa shape index (κ3) is 8.56. The molecule has 0 fully saturated rings. The highest BCUT2D eigenvalue weighted by Crippen LogP contribution is 2.19. The number of aromatic hydroxyl groups is 1. The molecule has 0 aliphatic carbocycles. The van der Waals surface area contributed by atoms with Crippen molar-refractivity contribution in [2.75, 3.05) is 6.54 Å². The summed E-state index contributed by atoms with van der Waals surface area (Å²) in [7, 11) is 0. The second-order valence-electron chi connectivity index (χ2n) is 9.28. The first-order valence-corrected chi connectivity index (χ1v) is 12.5. The van der Waals surface area contributed by atoms with Crippen LogP contribution in [0, 0.1) is 0 Å². The van der Waals surface area contributed by atoms with Crippen LogP contribution in [0.1, 0.15) is 24.0 Å². The smallest absolute Gasteiger partial charge is 0.322 e. The normalized spacial score (nSPS) is 13.1. The van der Waals surface area contributed by atoms with Crippen molar-refractivity contribution >= 4 is 40.5 Å². The van der Waals surface area contributed by atoms with E-state index in [-0.39, 0.29) is 31.4 Å². The number of hydrogen-bond acceptors (Lipinski definition) is 7. The summed E-state index contributed by atoms with van der Waals surface area (Å²) in [6.45, 7) is -0.660. The van der Waals surface area contributed by atoms with Crippen LogP contribution < -0.4 is 27.4 Å². The maximum atomic E-state index is 13.3. The average Bonchev–Trinajstić information content (AvgIpc) is 3.32. The van der Waals surface area contributed by atoms with Crippen molar-refractivity contribution in [2.24, 2.45) is 11.5 Å². The Balaban J connectivity index is 1.76. The zero-order chi connectivity index (χ0) is 29.2. The molecule has 0 aliphatic heterocycles. The Bertz CT molecular complexity index is 1370. The average molecular weight is 553 g/mol. The van der Waals surface area contributed by atoms with Gasteiger partial charge < -0.3 is 42.6 Å². The number of phenolic OH excluding ortho intramolecular Hbond substituents is 1. The number of aromatic amines is 1. The van der Waals surface area contributed by atoms with Crippen molar-refractivity contribution in [2.45, 2.75) is 43.8 Å². The van der Waals surface area contributed by atoms with Crippen LogP contribution in [0.3, 0.4) is 0 Å². The van der Waals surface area contributed by atoms with E-state index in [0.29, 0.717) is 11.1 Å². The number of carbonyl (C=O) groups excluding carboxylic acids is 4. The van der Waals surface area contributed by atoms with E-state index in [1.54, 1.807) is 18.3 Å². The number of rotatable bonds is 14. The van der Waals surface area contributed by atoms with Gasteiger partial charge in [-0.2, -0.15) is 0 Å². The number of carbonyl (C=O) groups is 5. The van der Waals surface area contributed by atoms with Crippen molar-refractivity contribution < 1.29 is 34.2 Å². The van der Waals surface area contributed by atoms with Crippen LogP contribution in [0.5, 0.6) is 5.75 Å². The topological polar surface area (TPSA) is 230 Å². The van der Waals surface area contributed by atoms with Gasteiger partial charge in [0.25, 0.3) is 0 Å². The third-order valence-corrected chi connectivity index (χ3v) is 6.19. The third-order valence-electron chi connectivity index (χ3n) is 6.19. The van der Waals surface area contributed by atoms with Gasteiger partial charge in [0.1, 0.15) is 24.4 Å². The number of aliphatic carboxylic acids is 1. The first-order valence-electron chi connectivity index (χ1n) is 12.5. The fourth-order valence-corrected chi connectivity index (χ4v) is 4.10. The quantitative estimate of drug-likeness (QED) is 0.129. The van der Waals surface area contributed by atoms with Crippen LogP contribution in [-0.4, -0.2) is 69.5 Å². The van der Waals surface area contributed by atoms with E-state index >= 15 is 0 Å². The van der Waals surface area contributed by atoms with E-state index in [1.807, 2.05) is 24.3 Å². The molecule has 0 saturated heterocycles. The highest BCUT2D eigenvalue weighted by atomic mass is 16.4. The van der Waals surface area contributed by atoms with Crippen LogP contribution in [0.4, 0.5) is 0 Å². The van der Waals surface area contributed by atoms with E-state index in [1.165, 1.54) is 12.1 Å². The molecule has 3 unspecified atom stereocenters. The summed E-state index contributed by atoms with van der Waals surface area (Å²) < 4.78 is 0. The van der Waals surface area contributed by atoms with Gasteiger partial charge in [-0.1, -0.05) is 30.3 Å². The number of fused-ring (bicyclic) bond motifs is 1. The lowest BCUT2D eigenvalue weighted by molar-refractivity contribution is -0.138. The number of phenols is 1. The number of carboxylic acid groups (broad SMARTS) is 1. The lowest BCUT2D eigenvalue weighted by Gasteiger charge is -2.24. The van der Waals surface area contributed by atoms with Crippen molar-refractivity contribution in [1.29, 1.82) is 0 Å². The standard InChI is InChI=1S/C27H32N6O7/c28-19(11-15-5-7-17(34)8-6-15)25(38)32-21(9-10-23(29)35)27(40)33-22(26(39)31-14-24(36)37)12-16-13-30-20-4-2-1-3-18(16)20/h1-8,13,19,21-22,30,34H,9-12,14,28H2,(H2,29,35)(H,31,39)(H,32,38)(H,33,40)(H,36,37). The van der Waals surface area contributed by atoms with E-state index < -0.39 is 54.3 Å². The number of para-hydroxylation sites is 1. The Morgan fingerprint density at radius 3 is 2.23 bits per heavy atom. The Labute approximate surface area is 229 Å². The highest BCUT2D eigenvalue weighted by molar-refractivity contribution is 5.94. The number of amides is 4. The number of carboxylic acids is 1. The van der Waals surface area contributed by atoms with Crippen LogP contribution in [-0.2, 0) is 36.8 Å². The molecule has 2 aromatic carbocycles. The van der Waals surface area contributed by atoms with Gasteiger partial charge in [-0.15, -0.1) is 0 Å². The zero-order valence-electron chi connectivity index (χ0n) is 21.6. The summed E-state index contributed by atoms with van der Waals surface area (Å²) in [4.78, 5) is 64.6. The first-order chi connectivity index (χ1) is 19.0. The van der Waals surface area contributed by atoms with E-state index in [2.05, 4.69) is 20.9 Å². The molecule has 0 spiro atoms. The monoisotopic (exact) mass is 552 g/mol. The van der Waals surface area contributed by atoms with Gasteiger partial charge in [0.05, 0.1) is 6.04 Å². The maximum absolute atomic E-state index is 13.3. The predicted octanol–water partition coefficient (Wildman–Crippen LogP) is -0.578. The van der Waals surface area contributed by atoms with Gasteiger partial charge in [-0.25, -0.2) is 0 Å². The van der Waals surface area contributed by atoms with Crippen molar-refractivity contribution in [1.82, 2.24) is 20.9 Å². The Morgan fingerprint density at radius 1 is 0.875 bits per heavy atom. The molecule has 3 atom stereocenters. The molecule has 4 amide bonds. The lowest BCUT2D eigenvalue weighted by Crippen LogP contribution is -2.56. The number of H-pyrrole nitrogens is 1.